The van der Waals surface area contributed by atoms with E-state index in [9.17, 15) is 0 Å². The van der Waals surface area contributed by atoms with E-state index in [0.717, 1.165) is 6.42 Å². The molecule has 1 rings (SSSR count). The zero-order chi connectivity index (χ0) is 10.9. The molecule has 1 aliphatic carbocycles. The summed E-state index contributed by atoms with van der Waals surface area (Å²) < 4.78 is 0. The molecule has 0 unspecified atom stereocenters. The Balaban J connectivity index is 2.69. The van der Waals surface area contributed by atoms with E-state index in [-0.39, 0.29) is 0 Å². The Kier molecular flexibility index (Phi) is 5.84. The average molecular weight is 202 g/mol. The Morgan fingerprint density at radius 3 is 2.80 bits per heavy atom. The first kappa shape index (κ1) is 12.0. The number of allylic oxidation sites excluding steroid dienone is 8. The molecule has 0 amide bonds. The third kappa shape index (κ3) is 4.33. The van der Waals surface area contributed by atoms with Crippen molar-refractivity contribution in [2.24, 2.45) is 0 Å². The van der Waals surface area contributed by atoms with Crippen LogP contribution in [-0.4, -0.2) is 0 Å². The fraction of sp³-hybridized carbons (Fsp3) is 0.467. The first-order chi connectivity index (χ1) is 7.38. The molecule has 0 saturated carbocycles. The van der Waals surface area contributed by atoms with Crippen molar-refractivity contribution in [3.8, 4) is 0 Å². The fourth-order valence-corrected chi connectivity index (χ4v) is 1.71. The van der Waals surface area contributed by atoms with Crippen molar-refractivity contribution in [1.29, 1.82) is 0 Å². The maximum Gasteiger partial charge on any atom is -0.0230 e. The van der Waals surface area contributed by atoms with E-state index in [0.29, 0.717) is 0 Å². The summed E-state index contributed by atoms with van der Waals surface area (Å²) in [6.07, 6.45) is 19.6. The summed E-state index contributed by atoms with van der Waals surface area (Å²) in [5.74, 6) is 0. The van der Waals surface area contributed by atoms with Gasteiger partial charge in [-0.05, 0) is 36.8 Å². The first-order valence-corrected chi connectivity index (χ1v) is 6.12. The van der Waals surface area contributed by atoms with Crippen LogP contribution in [-0.2, 0) is 0 Å². The van der Waals surface area contributed by atoms with Crippen LogP contribution in [0.5, 0.6) is 0 Å². The maximum absolute atomic E-state index is 2.35. The predicted molar refractivity (Wildman–Crippen MR) is 68.9 cm³/mol. The molecular formula is C15H22. The molecule has 0 aromatic carbocycles. The minimum Gasteiger partial charge on any atom is -0.0839 e. The van der Waals surface area contributed by atoms with E-state index in [1.807, 2.05) is 0 Å². The highest BCUT2D eigenvalue weighted by atomic mass is 14.1. The van der Waals surface area contributed by atoms with Crippen LogP contribution in [0.15, 0.2) is 47.6 Å². The van der Waals surface area contributed by atoms with Crippen LogP contribution in [0.1, 0.15) is 46.0 Å². The summed E-state index contributed by atoms with van der Waals surface area (Å²) in [6, 6.07) is 0. The Bertz CT molecular complexity index is 287. The Hall–Kier alpha value is -1.04. The molecular weight excluding hydrogens is 180 g/mol. The minimum atomic E-state index is 1.11. The average Bonchev–Trinajstić information content (AvgIpc) is 2.29. The van der Waals surface area contributed by atoms with Crippen LogP contribution in [0.3, 0.4) is 0 Å². The Labute approximate surface area is 94.1 Å². The van der Waals surface area contributed by atoms with Gasteiger partial charge in [-0.3, -0.25) is 0 Å². The van der Waals surface area contributed by atoms with Crippen molar-refractivity contribution in [3.63, 3.8) is 0 Å². The van der Waals surface area contributed by atoms with Gasteiger partial charge in [-0.25, -0.2) is 0 Å². The van der Waals surface area contributed by atoms with E-state index < -0.39 is 0 Å². The fourth-order valence-electron chi connectivity index (χ4n) is 1.71. The van der Waals surface area contributed by atoms with Gasteiger partial charge in [0.25, 0.3) is 0 Å². The SMILES string of the molecule is CC/C=C(\C=C/CCC)C1=CCCC=C1. The van der Waals surface area contributed by atoms with Crippen LogP contribution in [0.25, 0.3) is 0 Å². The highest BCUT2D eigenvalue weighted by Gasteiger charge is 2.00. The third-order valence-electron chi connectivity index (χ3n) is 2.51. The molecule has 0 aromatic heterocycles. The van der Waals surface area contributed by atoms with Gasteiger partial charge in [0.2, 0.25) is 0 Å². The van der Waals surface area contributed by atoms with E-state index in [2.05, 4.69) is 50.3 Å². The maximum atomic E-state index is 2.35. The van der Waals surface area contributed by atoms with Gasteiger partial charge in [0.05, 0.1) is 0 Å². The molecule has 0 N–H and O–H groups in total. The molecule has 0 aliphatic heterocycles. The quantitative estimate of drug-likeness (QED) is 0.553. The summed E-state index contributed by atoms with van der Waals surface area (Å²) >= 11 is 0. The Morgan fingerprint density at radius 1 is 1.33 bits per heavy atom. The second-order valence-corrected chi connectivity index (χ2v) is 3.90. The molecule has 0 nitrogen and oxygen atoms in total. The topological polar surface area (TPSA) is 0 Å². The van der Waals surface area contributed by atoms with E-state index in [4.69, 9.17) is 0 Å². The summed E-state index contributed by atoms with van der Waals surface area (Å²) in [5.41, 5.74) is 2.79. The van der Waals surface area contributed by atoms with Gasteiger partial charge < -0.3 is 0 Å². The summed E-state index contributed by atoms with van der Waals surface area (Å²) in [7, 11) is 0. The highest BCUT2D eigenvalue weighted by Crippen LogP contribution is 2.20. The normalized spacial score (nSPS) is 17.2. The van der Waals surface area contributed by atoms with Gasteiger partial charge in [0.15, 0.2) is 0 Å². The third-order valence-corrected chi connectivity index (χ3v) is 2.51. The summed E-state index contributed by atoms with van der Waals surface area (Å²) in [5, 5.41) is 0. The van der Waals surface area contributed by atoms with Crippen molar-refractivity contribution >= 4 is 0 Å². The first-order valence-electron chi connectivity index (χ1n) is 6.12. The van der Waals surface area contributed by atoms with Crippen LogP contribution in [0.4, 0.5) is 0 Å². The molecule has 0 saturated heterocycles. The van der Waals surface area contributed by atoms with E-state index in [1.165, 1.54) is 36.8 Å². The zero-order valence-electron chi connectivity index (χ0n) is 10.00. The monoisotopic (exact) mass is 202 g/mol. The lowest BCUT2D eigenvalue weighted by Gasteiger charge is -2.08. The standard InChI is InChI=1S/C15H22/c1-3-5-7-11-14(10-4-2)15-12-8-6-9-13-15/h7-8,10-13H,3-6,9H2,1-2H3/b11-7-,14-10+. The molecule has 1 aliphatic rings. The number of unbranched alkanes of at least 4 members (excludes halogenated alkanes) is 1. The second-order valence-electron chi connectivity index (χ2n) is 3.90. The lowest BCUT2D eigenvalue weighted by atomic mass is 9.98. The van der Waals surface area contributed by atoms with Crippen molar-refractivity contribution in [2.45, 2.75) is 46.0 Å². The van der Waals surface area contributed by atoms with Gasteiger partial charge >= 0.3 is 0 Å². The van der Waals surface area contributed by atoms with Gasteiger partial charge in [-0.2, -0.15) is 0 Å². The predicted octanol–water partition coefficient (Wildman–Crippen LogP) is 4.96. The largest absolute Gasteiger partial charge is 0.0839 e. The van der Waals surface area contributed by atoms with E-state index >= 15 is 0 Å². The molecule has 0 bridgehead atoms. The highest BCUT2D eigenvalue weighted by molar-refractivity contribution is 5.47. The van der Waals surface area contributed by atoms with Crippen molar-refractivity contribution in [3.05, 3.63) is 47.6 Å². The minimum absolute atomic E-state index is 1.11. The molecule has 15 heavy (non-hydrogen) atoms. The Morgan fingerprint density at radius 2 is 2.20 bits per heavy atom. The molecule has 0 heteroatoms. The smallest absolute Gasteiger partial charge is 0.0230 e. The van der Waals surface area contributed by atoms with Gasteiger partial charge in [0.1, 0.15) is 0 Å². The number of hydrogen-bond acceptors (Lipinski definition) is 0. The molecule has 0 aromatic rings. The van der Waals surface area contributed by atoms with Crippen LogP contribution in [0.2, 0.25) is 0 Å². The van der Waals surface area contributed by atoms with Gasteiger partial charge in [0, 0.05) is 0 Å². The lowest BCUT2D eigenvalue weighted by Crippen LogP contribution is -1.88. The summed E-state index contributed by atoms with van der Waals surface area (Å²) in [6.45, 7) is 4.41. The van der Waals surface area contributed by atoms with Crippen molar-refractivity contribution < 1.29 is 0 Å². The molecule has 82 valence electrons. The van der Waals surface area contributed by atoms with Crippen molar-refractivity contribution in [1.82, 2.24) is 0 Å². The molecule has 0 atom stereocenters. The molecule has 0 heterocycles. The van der Waals surface area contributed by atoms with E-state index in [1.54, 1.807) is 0 Å². The van der Waals surface area contributed by atoms with Gasteiger partial charge in [-0.15, -0.1) is 0 Å². The number of hydrogen-bond donors (Lipinski definition) is 0. The zero-order valence-corrected chi connectivity index (χ0v) is 10.00. The van der Waals surface area contributed by atoms with Crippen LogP contribution in [0, 0.1) is 0 Å². The van der Waals surface area contributed by atoms with Crippen LogP contribution < -0.4 is 0 Å². The van der Waals surface area contributed by atoms with Gasteiger partial charge in [-0.1, -0.05) is 56.7 Å². The molecule has 0 radical (unpaired) electrons. The molecule has 0 fully saturated rings. The lowest BCUT2D eigenvalue weighted by molar-refractivity contribution is 0.957. The van der Waals surface area contributed by atoms with Crippen LogP contribution >= 0.6 is 0 Å². The number of rotatable bonds is 5. The second kappa shape index (κ2) is 7.28. The summed E-state index contributed by atoms with van der Waals surface area (Å²) in [4.78, 5) is 0. The van der Waals surface area contributed by atoms with Crippen molar-refractivity contribution in [2.75, 3.05) is 0 Å². The molecule has 0 spiro atoms.